The largest absolute Gasteiger partial charge is 0.497 e. The van der Waals surface area contributed by atoms with E-state index in [2.05, 4.69) is 31.3 Å². The van der Waals surface area contributed by atoms with Crippen LogP contribution in [-0.4, -0.2) is 38.2 Å². The second-order valence-corrected chi connectivity index (χ2v) is 8.11. The van der Waals surface area contributed by atoms with Gasteiger partial charge in [0.05, 0.1) is 25.0 Å². The van der Waals surface area contributed by atoms with E-state index in [4.69, 9.17) is 16.3 Å². The molecule has 34 heavy (non-hydrogen) atoms. The summed E-state index contributed by atoms with van der Waals surface area (Å²) in [5.41, 5.74) is 3.70. The SMILES string of the molecule is COc1ccc(Cn2cnc3c(NCCc4cc5cccc(Cl)c5c(C#N)n4)ncnc32)cc1. The van der Waals surface area contributed by atoms with Crippen LogP contribution in [0.15, 0.2) is 61.2 Å². The molecule has 3 heterocycles. The number of aromatic nitrogens is 5. The summed E-state index contributed by atoms with van der Waals surface area (Å²) < 4.78 is 7.21. The Labute approximate surface area is 200 Å². The minimum Gasteiger partial charge on any atom is -0.497 e. The molecule has 5 aromatic rings. The number of benzene rings is 2. The lowest BCUT2D eigenvalue weighted by molar-refractivity contribution is 0.414. The highest BCUT2D eigenvalue weighted by Gasteiger charge is 2.12. The molecule has 0 saturated carbocycles. The number of ether oxygens (including phenoxy) is 1. The van der Waals surface area contributed by atoms with E-state index < -0.39 is 0 Å². The van der Waals surface area contributed by atoms with Crippen LogP contribution in [-0.2, 0) is 13.0 Å². The van der Waals surface area contributed by atoms with E-state index in [0.717, 1.165) is 28.0 Å². The Kier molecular flexibility index (Phi) is 5.93. The van der Waals surface area contributed by atoms with Crippen molar-refractivity contribution < 1.29 is 4.74 Å². The Morgan fingerprint density at radius 3 is 2.76 bits per heavy atom. The zero-order valence-electron chi connectivity index (χ0n) is 18.4. The molecule has 0 amide bonds. The lowest BCUT2D eigenvalue weighted by Crippen LogP contribution is -2.09. The fourth-order valence-electron chi connectivity index (χ4n) is 3.89. The van der Waals surface area contributed by atoms with Gasteiger partial charge in [-0.25, -0.2) is 19.9 Å². The van der Waals surface area contributed by atoms with Crippen LogP contribution >= 0.6 is 11.6 Å². The first-order chi connectivity index (χ1) is 16.7. The zero-order chi connectivity index (χ0) is 23.5. The summed E-state index contributed by atoms with van der Waals surface area (Å²) >= 11 is 6.27. The number of nitrogens with zero attached hydrogens (tertiary/aromatic N) is 6. The fourth-order valence-corrected chi connectivity index (χ4v) is 4.16. The van der Waals surface area contributed by atoms with Gasteiger partial charge in [-0.1, -0.05) is 35.9 Å². The number of methoxy groups -OCH3 is 1. The fraction of sp³-hybridized carbons (Fsp3) is 0.160. The summed E-state index contributed by atoms with van der Waals surface area (Å²) in [5.74, 6) is 1.47. The van der Waals surface area contributed by atoms with Gasteiger partial charge in [-0.2, -0.15) is 5.26 Å². The minimum absolute atomic E-state index is 0.333. The number of nitrogens with one attached hydrogen (secondary N) is 1. The Morgan fingerprint density at radius 1 is 1.12 bits per heavy atom. The molecule has 0 aliphatic heterocycles. The van der Waals surface area contributed by atoms with Gasteiger partial charge >= 0.3 is 0 Å². The maximum absolute atomic E-state index is 9.52. The molecule has 0 fully saturated rings. The van der Waals surface area contributed by atoms with Crippen molar-refractivity contribution in [3.8, 4) is 11.8 Å². The summed E-state index contributed by atoms with van der Waals surface area (Å²) in [4.78, 5) is 17.8. The molecule has 0 aliphatic carbocycles. The van der Waals surface area contributed by atoms with E-state index in [9.17, 15) is 5.26 Å². The highest BCUT2D eigenvalue weighted by Crippen LogP contribution is 2.26. The Hall–Kier alpha value is -4.22. The number of nitriles is 1. The third-order valence-electron chi connectivity index (χ3n) is 5.55. The van der Waals surface area contributed by atoms with Crippen LogP contribution in [0, 0.1) is 11.3 Å². The topological polar surface area (TPSA) is 102 Å². The van der Waals surface area contributed by atoms with E-state index in [1.54, 1.807) is 19.5 Å². The van der Waals surface area contributed by atoms with E-state index >= 15 is 0 Å². The molecule has 0 aliphatic rings. The Bertz CT molecular complexity index is 1520. The Balaban J connectivity index is 1.32. The van der Waals surface area contributed by atoms with Gasteiger partial charge in [0, 0.05) is 24.0 Å². The normalized spacial score (nSPS) is 11.0. The summed E-state index contributed by atoms with van der Waals surface area (Å²) in [6, 6.07) is 17.6. The Morgan fingerprint density at radius 2 is 1.97 bits per heavy atom. The van der Waals surface area contributed by atoms with Crippen LogP contribution in [0.5, 0.6) is 5.75 Å². The monoisotopic (exact) mass is 469 g/mol. The van der Waals surface area contributed by atoms with E-state index in [1.807, 2.05) is 47.0 Å². The van der Waals surface area contributed by atoms with Crippen molar-refractivity contribution in [3.63, 3.8) is 0 Å². The van der Waals surface area contributed by atoms with Gasteiger partial charge in [-0.15, -0.1) is 0 Å². The number of pyridine rings is 1. The molecule has 3 aromatic heterocycles. The van der Waals surface area contributed by atoms with Crippen LogP contribution in [0.1, 0.15) is 17.0 Å². The molecule has 168 valence electrons. The van der Waals surface area contributed by atoms with Crippen LogP contribution in [0.2, 0.25) is 5.02 Å². The molecule has 0 bridgehead atoms. The van der Waals surface area contributed by atoms with Crippen molar-refractivity contribution >= 4 is 39.4 Å². The first kappa shape index (κ1) is 21.6. The van der Waals surface area contributed by atoms with Crippen molar-refractivity contribution in [2.75, 3.05) is 19.0 Å². The second kappa shape index (κ2) is 9.33. The van der Waals surface area contributed by atoms with E-state index in [-0.39, 0.29) is 0 Å². The number of anilines is 1. The average molecular weight is 470 g/mol. The van der Waals surface area contributed by atoms with Gasteiger partial charge in [0.2, 0.25) is 0 Å². The van der Waals surface area contributed by atoms with Crippen LogP contribution in [0.25, 0.3) is 21.9 Å². The number of fused-ring (bicyclic) bond motifs is 2. The first-order valence-corrected chi connectivity index (χ1v) is 11.0. The maximum atomic E-state index is 9.52. The summed E-state index contributed by atoms with van der Waals surface area (Å²) in [7, 11) is 1.65. The van der Waals surface area contributed by atoms with Gasteiger partial charge in [0.1, 0.15) is 29.4 Å². The van der Waals surface area contributed by atoms with Crippen LogP contribution in [0.3, 0.4) is 0 Å². The van der Waals surface area contributed by atoms with Crippen molar-refractivity contribution in [2.24, 2.45) is 0 Å². The molecule has 5 rings (SSSR count). The van der Waals surface area contributed by atoms with Gasteiger partial charge in [0.25, 0.3) is 0 Å². The molecule has 0 radical (unpaired) electrons. The van der Waals surface area contributed by atoms with E-state index in [0.29, 0.717) is 46.9 Å². The predicted octanol–water partition coefficient (Wildman–Crippen LogP) is 4.61. The van der Waals surface area contributed by atoms with Crippen molar-refractivity contribution in [3.05, 3.63) is 83.2 Å². The van der Waals surface area contributed by atoms with Gasteiger partial charge in [-0.05, 0) is 35.2 Å². The lowest BCUT2D eigenvalue weighted by Gasteiger charge is -2.09. The molecule has 0 spiro atoms. The van der Waals surface area contributed by atoms with Gasteiger partial charge < -0.3 is 14.6 Å². The summed E-state index contributed by atoms with van der Waals surface area (Å²) in [6.07, 6.45) is 3.90. The van der Waals surface area contributed by atoms with Crippen LogP contribution < -0.4 is 10.1 Å². The van der Waals surface area contributed by atoms with Gasteiger partial charge in [0.15, 0.2) is 11.5 Å². The smallest absolute Gasteiger partial charge is 0.165 e. The third-order valence-corrected chi connectivity index (χ3v) is 5.87. The second-order valence-electron chi connectivity index (χ2n) is 7.70. The quantitative estimate of drug-likeness (QED) is 0.371. The van der Waals surface area contributed by atoms with Crippen LogP contribution in [0.4, 0.5) is 5.82 Å². The molecular weight excluding hydrogens is 450 g/mol. The first-order valence-electron chi connectivity index (χ1n) is 10.7. The number of halogens is 1. The van der Waals surface area contributed by atoms with Crippen molar-refractivity contribution in [2.45, 2.75) is 13.0 Å². The maximum Gasteiger partial charge on any atom is 0.165 e. The number of hydrogen-bond acceptors (Lipinski definition) is 7. The molecule has 1 N–H and O–H groups in total. The number of imidazole rings is 1. The molecule has 2 aromatic carbocycles. The highest BCUT2D eigenvalue weighted by molar-refractivity contribution is 6.35. The summed E-state index contributed by atoms with van der Waals surface area (Å²) in [5, 5.41) is 15.0. The molecule has 0 atom stereocenters. The minimum atomic E-state index is 0.333. The molecule has 9 heteroatoms. The molecule has 0 saturated heterocycles. The average Bonchev–Trinajstić information content (AvgIpc) is 3.27. The van der Waals surface area contributed by atoms with Crippen molar-refractivity contribution in [1.29, 1.82) is 5.26 Å². The molecule has 0 unspecified atom stereocenters. The summed E-state index contributed by atoms with van der Waals surface area (Å²) in [6.45, 7) is 1.21. The van der Waals surface area contributed by atoms with E-state index in [1.165, 1.54) is 6.33 Å². The predicted molar refractivity (Wildman–Crippen MR) is 131 cm³/mol. The lowest BCUT2D eigenvalue weighted by atomic mass is 10.1. The van der Waals surface area contributed by atoms with Crippen molar-refractivity contribution in [1.82, 2.24) is 24.5 Å². The zero-order valence-corrected chi connectivity index (χ0v) is 19.1. The number of hydrogen-bond donors (Lipinski definition) is 1. The van der Waals surface area contributed by atoms with Gasteiger partial charge in [-0.3, -0.25) is 0 Å². The molecule has 8 nitrogen and oxygen atoms in total. The number of rotatable bonds is 7. The molecular formula is C25H20ClN7O. The standard InChI is InChI=1S/C25H20ClN7O/c1-34-19-7-5-16(6-8-19)13-33-15-31-23-24(29-14-30-25(23)33)28-10-9-18-11-17-3-2-4-20(26)22(17)21(12-27)32-18/h2-8,11,14-15H,9-10,13H2,1H3,(H,28,29,30). The highest BCUT2D eigenvalue weighted by atomic mass is 35.5. The third kappa shape index (κ3) is 4.21.